The highest BCUT2D eigenvalue weighted by atomic mass is 16.8. The van der Waals surface area contributed by atoms with Crippen molar-refractivity contribution in [1.29, 1.82) is 0 Å². The minimum absolute atomic E-state index is 0.0295. The van der Waals surface area contributed by atoms with Crippen LogP contribution in [-0.4, -0.2) is 267 Å². The Bertz CT molecular complexity index is 1810. The third-order valence-electron chi connectivity index (χ3n) is 17.3. The summed E-state index contributed by atoms with van der Waals surface area (Å²) in [4.78, 5) is 14.8. The highest BCUT2D eigenvalue weighted by molar-refractivity contribution is 5.77. The number of aliphatic hydroxyl groups excluding tert-OH is 17. The van der Waals surface area contributed by atoms with Crippen LogP contribution in [0, 0.1) is 34.5 Å². The first-order valence-electron chi connectivity index (χ1n) is 26.6. The summed E-state index contributed by atoms with van der Waals surface area (Å²) in [6.07, 6.45) is -35.9. The molecule has 28 atom stereocenters. The lowest BCUT2D eigenvalue weighted by Gasteiger charge is -2.59. The molecule has 3 saturated heterocycles. The molecule has 0 radical (unpaired) electrons. The zero-order chi connectivity index (χ0) is 57.0. The van der Waals surface area contributed by atoms with Crippen LogP contribution in [0.2, 0.25) is 0 Å². The molecule has 6 aliphatic rings. The summed E-state index contributed by atoms with van der Waals surface area (Å²) >= 11 is 0. The molecule has 3 saturated carbocycles. The van der Waals surface area contributed by atoms with E-state index in [2.05, 4.69) is 13.5 Å². The summed E-state index contributed by atoms with van der Waals surface area (Å²) in [5, 5.41) is 179. The van der Waals surface area contributed by atoms with Crippen molar-refractivity contribution in [2.45, 2.75) is 227 Å². The molecule has 0 spiro atoms. The molecule has 0 aromatic heterocycles. The van der Waals surface area contributed by atoms with Gasteiger partial charge in [-0.05, 0) is 101 Å². The van der Waals surface area contributed by atoms with Crippen LogP contribution in [0.1, 0.15) is 85.5 Å². The molecule has 27 heteroatoms. The molecule has 0 aromatic carbocycles. The molecule has 0 bridgehead atoms. The van der Waals surface area contributed by atoms with Gasteiger partial charge < -0.3 is 129 Å². The van der Waals surface area contributed by atoms with Gasteiger partial charge in [-0.1, -0.05) is 25.5 Å². The van der Waals surface area contributed by atoms with Gasteiger partial charge in [0.15, 0.2) is 25.2 Å². The van der Waals surface area contributed by atoms with Crippen LogP contribution < -0.4 is 0 Å². The van der Waals surface area contributed by atoms with E-state index < -0.39 is 197 Å². The molecule has 0 aromatic rings. The van der Waals surface area contributed by atoms with E-state index in [1.807, 2.05) is 0 Å². The van der Waals surface area contributed by atoms with Crippen LogP contribution >= 0.6 is 0 Å². The summed E-state index contributed by atoms with van der Waals surface area (Å²) < 4.78 is 52.5. The fraction of sp³-hybridized carbons (Fsp3) is 0.940. The summed E-state index contributed by atoms with van der Waals surface area (Å²) in [5.74, 6) is -1.64. The van der Waals surface area contributed by atoms with Crippen LogP contribution in [0.25, 0.3) is 0 Å². The van der Waals surface area contributed by atoms with Gasteiger partial charge in [-0.15, -0.1) is 0 Å². The number of fused-ring (bicyclic) bond motifs is 3. The third-order valence-corrected chi connectivity index (χ3v) is 17.3. The Hall–Kier alpha value is -1.79. The number of ether oxygens (including phenoxy) is 9. The fourth-order valence-corrected chi connectivity index (χ4v) is 12.7. The van der Waals surface area contributed by atoms with E-state index in [4.69, 9.17) is 42.6 Å². The molecule has 77 heavy (non-hydrogen) atoms. The normalized spacial score (nSPS) is 44.1. The highest BCUT2D eigenvalue weighted by Gasteiger charge is 2.60. The quantitative estimate of drug-likeness (QED) is 0.0258. The van der Waals surface area contributed by atoms with Gasteiger partial charge in [0.1, 0.15) is 91.6 Å². The Balaban J connectivity index is 1.26. The van der Waals surface area contributed by atoms with Gasteiger partial charge >= 0.3 is 5.97 Å². The molecule has 448 valence electrons. The molecule has 6 rings (SSSR count). The van der Waals surface area contributed by atoms with Crippen LogP contribution in [0.3, 0.4) is 0 Å². The fourth-order valence-electron chi connectivity index (χ4n) is 12.7. The summed E-state index contributed by atoms with van der Waals surface area (Å²) in [7, 11) is 0. The second-order valence-electron chi connectivity index (χ2n) is 22.4. The van der Waals surface area contributed by atoms with E-state index in [0.717, 1.165) is 5.57 Å². The Morgan fingerprint density at radius 3 is 1.52 bits per heavy atom. The largest absolute Gasteiger partial charge is 0.430 e. The molecule has 25 unspecified atom stereocenters. The monoisotopic (exact) mass is 1120 g/mol. The van der Waals surface area contributed by atoms with Crippen LogP contribution in [0.15, 0.2) is 12.2 Å². The zero-order valence-electron chi connectivity index (χ0n) is 43.9. The lowest BCUT2D eigenvalue weighted by atomic mass is 9.45. The standard InChI is InChI=1S/C50H86O27/c1-20-13-24-8-10-32-49(4,11-6-12-50(32,5)48(68)77-47(70-28(16-52)22(3)57)42(67)74-44-39(64)36(61)33(58)29(17-53)71-44)25(24)9-7-23(20)14-26(69-27(15-51)21(2)56)43(75-45-40(65)37(62)34(59)30(18-54)72-45)76-46-41(66)38(63)35(60)31(19-55)73-46/h21-47,51-67H,1,6-19H2,2-5H3/t21?,22?,23?,24?,25-,26?,27?,28?,29?,30?,31?,32?,33?,34?,35?,36?,37?,38?,39?,40?,41?,42?,43?,44?,45?,46?,47?,49+,50-/m1/s1. The second kappa shape index (κ2) is 27.5. The second-order valence-corrected chi connectivity index (χ2v) is 22.4. The number of allylic oxidation sites excluding steroid dienone is 1. The molecule has 6 fully saturated rings. The predicted octanol–water partition coefficient (Wildman–Crippen LogP) is -5.58. The highest BCUT2D eigenvalue weighted by Crippen LogP contribution is 2.64. The molecule has 17 N–H and O–H groups in total. The van der Waals surface area contributed by atoms with Gasteiger partial charge in [0.2, 0.25) is 6.29 Å². The molecule has 0 amide bonds. The maximum atomic E-state index is 14.8. The number of hydrogen-bond acceptors (Lipinski definition) is 27. The Kier molecular flexibility index (Phi) is 23.0. The van der Waals surface area contributed by atoms with Crippen molar-refractivity contribution >= 4 is 5.97 Å². The topological polar surface area (TPSA) is 444 Å². The molecule has 3 aliphatic carbocycles. The minimum atomic E-state index is -2.28. The number of rotatable bonds is 23. The number of esters is 1. The predicted molar refractivity (Wildman–Crippen MR) is 256 cm³/mol. The summed E-state index contributed by atoms with van der Waals surface area (Å²) in [6.45, 7) is 6.99. The van der Waals surface area contributed by atoms with E-state index in [1.54, 1.807) is 6.92 Å². The number of hydrogen-bond donors (Lipinski definition) is 17. The van der Waals surface area contributed by atoms with E-state index >= 15 is 0 Å². The minimum Gasteiger partial charge on any atom is -0.430 e. The van der Waals surface area contributed by atoms with Crippen LogP contribution in [-0.2, 0) is 47.4 Å². The van der Waals surface area contributed by atoms with Crippen molar-refractivity contribution in [2.24, 2.45) is 34.5 Å². The lowest BCUT2D eigenvalue weighted by Crippen LogP contribution is -2.62. The summed E-state index contributed by atoms with van der Waals surface area (Å²) in [5.41, 5.74) is -1.02. The maximum absolute atomic E-state index is 14.8. The SMILES string of the molecule is C=C1CC2CCC3[C@](C)(C(=O)OC(OC(CO)C(C)O)C(O)OC4OC(CO)C(O)C(O)C4O)CCC[C@@]3(C)[C@@H]2CCC1CC(OC(CO)C(C)O)C(OC1OC(CO)C(O)C(O)C1O)OC1OC(CO)C(O)C(O)C1O. The Morgan fingerprint density at radius 1 is 0.597 bits per heavy atom. The molecular weight excluding hydrogens is 1030 g/mol. The lowest BCUT2D eigenvalue weighted by molar-refractivity contribution is -0.393. The molecular formula is C50H86O27. The van der Waals surface area contributed by atoms with Gasteiger partial charge in [0.25, 0.3) is 6.29 Å². The van der Waals surface area contributed by atoms with Gasteiger partial charge in [-0.2, -0.15) is 0 Å². The van der Waals surface area contributed by atoms with Crippen molar-refractivity contribution in [3.05, 3.63) is 12.2 Å². The first-order chi connectivity index (χ1) is 36.3. The van der Waals surface area contributed by atoms with Crippen molar-refractivity contribution in [2.75, 3.05) is 33.0 Å². The Morgan fingerprint density at radius 2 is 1.06 bits per heavy atom. The number of carbonyl (C=O) groups is 1. The molecule has 3 aliphatic heterocycles. The van der Waals surface area contributed by atoms with E-state index in [1.165, 1.54) is 13.8 Å². The van der Waals surface area contributed by atoms with Gasteiger partial charge in [-0.25, -0.2) is 0 Å². The maximum Gasteiger partial charge on any atom is 0.314 e. The first kappa shape index (κ1) is 64.4. The zero-order valence-corrected chi connectivity index (χ0v) is 43.9. The van der Waals surface area contributed by atoms with E-state index in [-0.39, 0.29) is 24.2 Å². The number of carbonyl (C=O) groups excluding carboxylic acids is 1. The van der Waals surface area contributed by atoms with Gasteiger partial charge in [0.05, 0.1) is 50.7 Å². The summed E-state index contributed by atoms with van der Waals surface area (Å²) in [6, 6.07) is 0. The molecule has 27 nitrogen and oxygen atoms in total. The van der Waals surface area contributed by atoms with Crippen LogP contribution in [0.5, 0.6) is 0 Å². The van der Waals surface area contributed by atoms with E-state index in [9.17, 15) is 91.6 Å². The average Bonchev–Trinajstić information content (AvgIpc) is 3.56. The smallest absolute Gasteiger partial charge is 0.314 e. The molecule has 3 heterocycles. The van der Waals surface area contributed by atoms with Crippen molar-refractivity contribution in [3.8, 4) is 0 Å². The van der Waals surface area contributed by atoms with Crippen molar-refractivity contribution in [3.63, 3.8) is 0 Å². The van der Waals surface area contributed by atoms with Crippen LogP contribution in [0.4, 0.5) is 0 Å². The van der Waals surface area contributed by atoms with Gasteiger partial charge in [0, 0.05) is 0 Å². The average molecular weight is 1120 g/mol. The van der Waals surface area contributed by atoms with Crippen molar-refractivity contribution < 1.29 is 134 Å². The Labute approximate surface area is 446 Å². The van der Waals surface area contributed by atoms with Crippen molar-refractivity contribution in [1.82, 2.24) is 0 Å². The first-order valence-corrected chi connectivity index (χ1v) is 26.6. The van der Waals surface area contributed by atoms with E-state index in [0.29, 0.717) is 51.4 Å². The number of aliphatic hydroxyl groups is 17. The van der Waals surface area contributed by atoms with Gasteiger partial charge in [-0.3, -0.25) is 4.79 Å². The third kappa shape index (κ3) is 14.0.